The lowest BCUT2D eigenvalue weighted by molar-refractivity contribution is 0.436. The first-order valence-corrected chi connectivity index (χ1v) is 24.0. The largest absolute Gasteiger partial charge is 0.457 e. The minimum absolute atomic E-state index is 0.646. The van der Waals surface area contributed by atoms with Crippen molar-refractivity contribution in [2.24, 2.45) is 0 Å². The first-order valence-electron chi connectivity index (χ1n) is 23.2. The fraction of sp³-hybridized carbons (Fsp3) is 0.0328. The third-order valence-electron chi connectivity index (χ3n) is 14.9. The number of nitriles is 1. The zero-order chi connectivity index (χ0) is 45.1. The fourth-order valence-corrected chi connectivity index (χ4v) is 13.0. The molecule has 2 aliphatic carbocycles. The topological polar surface area (TPSA) is 71.9 Å². The number of hydrogen-bond donors (Lipinski definition) is 0. The van der Waals surface area contributed by atoms with Crippen LogP contribution in [0.2, 0.25) is 0 Å². The second-order valence-electron chi connectivity index (χ2n) is 18.4. The summed E-state index contributed by atoms with van der Waals surface area (Å²) in [6, 6.07) is 67.6. The normalized spacial score (nSPS) is 15.6. The molecule has 0 fully saturated rings. The number of rotatable bonds is 3. The Hall–Kier alpha value is -8.90. The first kappa shape index (κ1) is 37.2. The van der Waals surface area contributed by atoms with Gasteiger partial charge in [0, 0.05) is 59.3 Å². The Morgan fingerprint density at radius 1 is 0.478 bits per heavy atom. The second-order valence-corrected chi connectivity index (χ2v) is 19.5. The Morgan fingerprint density at radius 3 is 1.81 bits per heavy atom. The Labute approximate surface area is 399 Å². The molecule has 7 nitrogen and oxygen atoms in total. The zero-order valence-electron chi connectivity index (χ0n) is 36.7. The van der Waals surface area contributed by atoms with Crippen LogP contribution >= 0.6 is 11.8 Å². The minimum Gasteiger partial charge on any atom is -0.457 e. The summed E-state index contributed by atoms with van der Waals surface area (Å²) in [6.45, 7) is 0. The van der Waals surface area contributed by atoms with Crippen LogP contribution in [0.15, 0.2) is 204 Å². The molecule has 16 rings (SSSR count). The van der Waals surface area contributed by atoms with Gasteiger partial charge in [0.15, 0.2) is 0 Å². The lowest BCUT2D eigenvalue weighted by atomic mass is 9.66. The predicted octanol–water partition coefficient (Wildman–Crippen LogP) is 14.8. The van der Waals surface area contributed by atoms with E-state index in [0.717, 1.165) is 113 Å². The van der Waals surface area contributed by atoms with E-state index in [9.17, 15) is 5.26 Å². The van der Waals surface area contributed by atoms with Crippen molar-refractivity contribution in [1.82, 2.24) is 19.1 Å². The van der Waals surface area contributed by atoms with Crippen molar-refractivity contribution in [3.8, 4) is 40.3 Å². The smallest absolute Gasteiger partial charge is 0.132 e. The van der Waals surface area contributed by atoms with E-state index in [1.54, 1.807) is 11.8 Å². The molecule has 0 saturated carbocycles. The molecule has 1 atom stereocenters. The van der Waals surface area contributed by atoms with Gasteiger partial charge < -0.3 is 18.8 Å². The number of anilines is 3. The summed E-state index contributed by atoms with van der Waals surface area (Å²) >= 11 is 1.80. The second kappa shape index (κ2) is 13.4. The van der Waals surface area contributed by atoms with E-state index in [0.29, 0.717) is 5.56 Å². The molecule has 12 aromatic rings. The molecule has 8 heteroatoms. The SMILES string of the molecule is N#Cc1ccc2c(c1)c1cc3c(cc1n2-c1ccc2c(c1)C1(c4ccccc4O2)c2cc(N4c5ccccc5Sc5ccccc54)cnc2-c2ncc(-n4c5ccccc5c5ccccc54)cc21)C3. The molecule has 1 unspecified atom stereocenters. The van der Waals surface area contributed by atoms with Gasteiger partial charge in [0.05, 0.1) is 85.6 Å². The van der Waals surface area contributed by atoms with E-state index in [2.05, 4.69) is 190 Å². The monoisotopic (exact) mass is 898 g/mol. The van der Waals surface area contributed by atoms with E-state index in [-0.39, 0.29) is 0 Å². The average Bonchev–Trinajstić information content (AvgIpc) is 3.89. The van der Waals surface area contributed by atoms with E-state index in [1.165, 1.54) is 31.7 Å². The molecule has 4 aromatic heterocycles. The molecule has 6 heterocycles. The molecule has 1 spiro atoms. The zero-order valence-corrected chi connectivity index (χ0v) is 37.5. The number of benzene rings is 8. The lowest BCUT2D eigenvalue weighted by Gasteiger charge is -2.40. The number of pyridine rings is 2. The Bertz CT molecular complexity index is 4250. The van der Waals surface area contributed by atoms with Crippen LogP contribution in [0, 0.1) is 11.3 Å². The molecule has 4 aliphatic rings. The highest BCUT2D eigenvalue weighted by molar-refractivity contribution is 7.99. The van der Waals surface area contributed by atoms with Crippen molar-refractivity contribution < 1.29 is 4.74 Å². The Kier molecular flexibility index (Phi) is 7.22. The highest BCUT2D eigenvalue weighted by atomic mass is 32.2. The summed E-state index contributed by atoms with van der Waals surface area (Å²) in [5, 5.41) is 14.6. The van der Waals surface area contributed by atoms with Crippen molar-refractivity contribution in [2.75, 3.05) is 4.90 Å². The quantitative estimate of drug-likeness (QED) is 0.176. The molecule has 0 amide bonds. The summed E-state index contributed by atoms with van der Waals surface area (Å²) in [5.74, 6) is 1.56. The van der Waals surface area contributed by atoms with Crippen LogP contribution < -0.4 is 9.64 Å². The number of ether oxygens (including phenoxy) is 1. The van der Waals surface area contributed by atoms with Crippen LogP contribution in [0.25, 0.3) is 66.4 Å². The van der Waals surface area contributed by atoms with E-state index in [4.69, 9.17) is 14.7 Å². The van der Waals surface area contributed by atoms with Crippen LogP contribution in [-0.2, 0) is 11.8 Å². The molecule has 8 aromatic carbocycles. The highest BCUT2D eigenvalue weighted by Crippen LogP contribution is 2.63. The van der Waals surface area contributed by atoms with Crippen molar-refractivity contribution in [1.29, 1.82) is 5.26 Å². The highest BCUT2D eigenvalue weighted by Gasteiger charge is 2.53. The van der Waals surface area contributed by atoms with Crippen molar-refractivity contribution >= 4 is 72.4 Å². The summed E-state index contributed by atoms with van der Waals surface area (Å²) in [7, 11) is 0. The van der Waals surface area contributed by atoms with Gasteiger partial charge in [0.1, 0.15) is 11.5 Å². The fourth-order valence-electron chi connectivity index (χ4n) is 11.9. The Balaban J connectivity index is 1.02. The van der Waals surface area contributed by atoms with Crippen LogP contribution in [0.1, 0.15) is 38.9 Å². The van der Waals surface area contributed by atoms with Crippen molar-refractivity contribution in [3.63, 3.8) is 0 Å². The van der Waals surface area contributed by atoms with Crippen LogP contribution in [0.5, 0.6) is 11.5 Å². The van der Waals surface area contributed by atoms with Crippen LogP contribution in [0.4, 0.5) is 17.1 Å². The molecule has 69 heavy (non-hydrogen) atoms. The van der Waals surface area contributed by atoms with Gasteiger partial charge in [-0.3, -0.25) is 9.97 Å². The molecule has 0 bridgehead atoms. The van der Waals surface area contributed by atoms with Gasteiger partial charge in [-0.05, 0) is 121 Å². The summed E-state index contributed by atoms with van der Waals surface area (Å²) < 4.78 is 11.8. The van der Waals surface area contributed by atoms with E-state index < -0.39 is 5.41 Å². The van der Waals surface area contributed by atoms with Crippen LogP contribution in [0.3, 0.4) is 0 Å². The molecule has 320 valence electrons. The molecule has 0 saturated heterocycles. The van der Waals surface area contributed by atoms with Gasteiger partial charge in [-0.2, -0.15) is 5.26 Å². The molecule has 0 radical (unpaired) electrons. The molecule has 2 aliphatic heterocycles. The summed E-state index contributed by atoms with van der Waals surface area (Å²) in [4.78, 5) is 15.7. The number of nitrogens with zero attached hydrogens (tertiary/aromatic N) is 6. The van der Waals surface area contributed by atoms with Crippen LogP contribution in [-0.4, -0.2) is 19.1 Å². The van der Waals surface area contributed by atoms with Gasteiger partial charge in [-0.1, -0.05) is 90.6 Å². The van der Waals surface area contributed by atoms with Gasteiger partial charge in [0.2, 0.25) is 0 Å². The van der Waals surface area contributed by atoms with Crippen molar-refractivity contribution in [3.05, 3.63) is 233 Å². The van der Waals surface area contributed by atoms with Gasteiger partial charge >= 0.3 is 0 Å². The maximum atomic E-state index is 10.0. The third kappa shape index (κ3) is 4.91. The maximum absolute atomic E-state index is 10.0. The standard InChI is InChI=1S/C61H34N6OS/c62-32-35-21-23-51-43(25-35)44-27-36-26-37(36)28-54(44)65(51)38-22-24-56-46(29-38)61(45-13-3-8-18-55(45)68-56)47-30-39(66-49-14-4-1-11-41(49)42-12-2-5-15-50(42)66)33-63-59(47)60-48(61)31-40(34-64-60)67-52-16-6-9-19-57(52)69-58-20-10-7-17-53(58)67/h1-25,27-31,33-34H,26H2. The maximum Gasteiger partial charge on any atom is 0.132 e. The van der Waals surface area contributed by atoms with Gasteiger partial charge in [-0.25, -0.2) is 0 Å². The number of aromatic nitrogens is 4. The number of hydrogen-bond acceptors (Lipinski definition) is 6. The average molecular weight is 899 g/mol. The summed E-state index contributed by atoms with van der Waals surface area (Å²) in [5.41, 5.74) is 17.8. The first-order chi connectivity index (χ1) is 34.1. The Morgan fingerprint density at radius 2 is 1.06 bits per heavy atom. The molecular weight excluding hydrogens is 865 g/mol. The summed E-state index contributed by atoms with van der Waals surface area (Å²) in [6.07, 6.45) is 5.03. The number of fused-ring (bicyclic) bond motifs is 18. The van der Waals surface area contributed by atoms with E-state index in [1.807, 2.05) is 24.5 Å². The molecular formula is C61H34N6OS. The minimum atomic E-state index is -0.932. The lowest BCUT2D eigenvalue weighted by Crippen LogP contribution is -2.33. The number of para-hydroxylation sites is 5. The van der Waals surface area contributed by atoms with E-state index >= 15 is 0 Å². The van der Waals surface area contributed by atoms with Gasteiger partial charge in [0.25, 0.3) is 0 Å². The third-order valence-corrected chi connectivity index (χ3v) is 16.0. The molecule has 0 N–H and O–H groups in total. The van der Waals surface area contributed by atoms with Gasteiger partial charge in [-0.15, -0.1) is 0 Å². The van der Waals surface area contributed by atoms with Crippen molar-refractivity contribution in [2.45, 2.75) is 21.6 Å². The predicted molar refractivity (Wildman–Crippen MR) is 274 cm³/mol.